The minimum absolute atomic E-state index is 0.0325. The highest BCUT2D eigenvalue weighted by atomic mass is 16.3. The summed E-state index contributed by atoms with van der Waals surface area (Å²) in [6.45, 7) is 2.95. The Morgan fingerprint density at radius 3 is 2.65 bits per heavy atom. The van der Waals surface area contributed by atoms with Crippen LogP contribution in [0.2, 0.25) is 0 Å². The minimum atomic E-state index is -0.726. The molecule has 134 valence electrons. The Bertz CT molecular complexity index is 864. The molecule has 0 aliphatic rings. The number of hydrogen-bond donors (Lipinski definition) is 1. The second kappa shape index (κ2) is 8.59. The zero-order valence-corrected chi connectivity index (χ0v) is 15.0. The van der Waals surface area contributed by atoms with Crippen molar-refractivity contribution < 1.29 is 9.90 Å². The van der Waals surface area contributed by atoms with Crippen LogP contribution in [-0.2, 0) is 11.2 Å². The zero-order valence-electron chi connectivity index (χ0n) is 15.0. The quantitative estimate of drug-likeness (QED) is 0.707. The predicted molar refractivity (Wildman–Crippen MR) is 104 cm³/mol. The Balaban J connectivity index is 1.71. The van der Waals surface area contributed by atoms with E-state index in [-0.39, 0.29) is 12.5 Å². The second-order valence-corrected chi connectivity index (χ2v) is 6.50. The van der Waals surface area contributed by atoms with E-state index in [4.69, 9.17) is 0 Å². The third kappa shape index (κ3) is 4.46. The van der Waals surface area contributed by atoms with Crippen LogP contribution in [0.5, 0.6) is 0 Å². The molecule has 3 rings (SSSR count). The third-order valence-electron chi connectivity index (χ3n) is 4.48. The fourth-order valence-electron chi connectivity index (χ4n) is 3.11. The summed E-state index contributed by atoms with van der Waals surface area (Å²) >= 11 is 0. The number of benzene rings is 2. The number of nitrogens with zero attached hydrogens (tertiary/aromatic N) is 2. The van der Waals surface area contributed by atoms with Gasteiger partial charge in [-0.2, -0.15) is 0 Å². The summed E-state index contributed by atoms with van der Waals surface area (Å²) in [5.41, 5.74) is 1.72. The zero-order chi connectivity index (χ0) is 18.4. The van der Waals surface area contributed by atoms with Crippen LogP contribution >= 0.6 is 0 Å². The van der Waals surface area contributed by atoms with Crippen molar-refractivity contribution in [1.29, 1.82) is 0 Å². The number of aliphatic hydroxyl groups is 1. The van der Waals surface area contributed by atoms with E-state index in [1.165, 1.54) is 5.39 Å². The van der Waals surface area contributed by atoms with Crippen LogP contribution in [0.15, 0.2) is 67.0 Å². The number of carbonyl (C=O) groups excluding carboxylic acids is 1. The fourth-order valence-corrected chi connectivity index (χ4v) is 3.11. The molecule has 2 aromatic carbocycles. The number of aromatic nitrogens is 1. The molecule has 1 heterocycles. The first kappa shape index (κ1) is 18.1. The topological polar surface area (TPSA) is 53.4 Å². The number of aliphatic hydroxyl groups excluding tert-OH is 1. The second-order valence-electron chi connectivity index (χ2n) is 6.50. The monoisotopic (exact) mass is 348 g/mol. The molecule has 4 nitrogen and oxygen atoms in total. The minimum Gasteiger partial charge on any atom is -0.386 e. The molecule has 0 spiro atoms. The lowest BCUT2D eigenvalue weighted by molar-refractivity contribution is -0.132. The van der Waals surface area contributed by atoms with Gasteiger partial charge < -0.3 is 10.0 Å². The van der Waals surface area contributed by atoms with Crippen LogP contribution in [-0.4, -0.2) is 34.0 Å². The van der Waals surface area contributed by atoms with Crippen molar-refractivity contribution >= 4 is 16.7 Å². The van der Waals surface area contributed by atoms with Crippen LogP contribution in [0.3, 0.4) is 0 Å². The summed E-state index contributed by atoms with van der Waals surface area (Å²) in [6, 6.07) is 17.9. The van der Waals surface area contributed by atoms with E-state index in [1.54, 1.807) is 23.4 Å². The van der Waals surface area contributed by atoms with E-state index in [9.17, 15) is 9.90 Å². The Hall–Kier alpha value is -2.72. The van der Waals surface area contributed by atoms with Crippen molar-refractivity contribution in [2.75, 3.05) is 13.1 Å². The Morgan fingerprint density at radius 1 is 1.12 bits per heavy atom. The lowest BCUT2D eigenvalue weighted by Gasteiger charge is -2.25. The maximum Gasteiger partial charge on any atom is 0.227 e. The maximum atomic E-state index is 12.8. The number of hydrogen-bond acceptors (Lipinski definition) is 3. The van der Waals surface area contributed by atoms with Gasteiger partial charge in [-0.25, -0.2) is 0 Å². The standard InChI is InChI=1S/C22H24N2O2/c1-2-12-24(16-21(25)20-8-5-11-23-15-20)22(26)14-17-9-10-18-6-3-4-7-19(18)13-17/h3-11,13,15,21,25H,2,12,14,16H2,1H3/t21-/m0/s1. The van der Waals surface area contributed by atoms with Crippen LogP contribution in [0.25, 0.3) is 10.8 Å². The third-order valence-corrected chi connectivity index (χ3v) is 4.48. The number of pyridine rings is 1. The molecule has 1 N–H and O–H groups in total. The van der Waals surface area contributed by atoms with E-state index in [2.05, 4.69) is 23.2 Å². The highest BCUT2D eigenvalue weighted by molar-refractivity contribution is 5.85. The lowest BCUT2D eigenvalue weighted by Crippen LogP contribution is -2.36. The first-order valence-electron chi connectivity index (χ1n) is 9.01. The highest BCUT2D eigenvalue weighted by Gasteiger charge is 2.18. The molecule has 4 heteroatoms. The van der Waals surface area contributed by atoms with Crippen molar-refractivity contribution in [3.63, 3.8) is 0 Å². The first-order valence-corrected chi connectivity index (χ1v) is 9.01. The van der Waals surface area contributed by atoms with Crippen LogP contribution in [0, 0.1) is 0 Å². The van der Waals surface area contributed by atoms with Gasteiger partial charge in [-0.05, 0) is 28.8 Å². The Labute approximate surface area is 154 Å². The van der Waals surface area contributed by atoms with Crippen LogP contribution in [0.4, 0.5) is 0 Å². The molecule has 0 bridgehead atoms. The molecule has 1 atom stereocenters. The average molecular weight is 348 g/mol. The summed E-state index contributed by atoms with van der Waals surface area (Å²) in [5.74, 6) is 0.0325. The van der Waals surface area contributed by atoms with Crippen LogP contribution in [0.1, 0.15) is 30.6 Å². The van der Waals surface area contributed by atoms with E-state index < -0.39 is 6.10 Å². The largest absolute Gasteiger partial charge is 0.386 e. The van der Waals surface area contributed by atoms with Gasteiger partial charge >= 0.3 is 0 Å². The van der Waals surface area contributed by atoms with E-state index in [1.807, 2.05) is 37.3 Å². The molecular formula is C22H24N2O2. The highest BCUT2D eigenvalue weighted by Crippen LogP contribution is 2.18. The molecule has 0 saturated heterocycles. The molecule has 1 amide bonds. The van der Waals surface area contributed by atoms with Crippen molar-refractivity contribution in [2.24, 2.45) is 0 Å². The summed E-state index contributed by atoms with van der Waals surface area (Å²) < 4.78 is 0. The molecule has 3 aromatic rings. The molecular weight excluding hydrogens is 324 g/mol. The molecule has 0 radical (unpaired) electrons. The first-order chi connectivity index (χ1) is 12.7. The van der Waals surface area contributed by atoms with Gasteiger partial charge in [0, 0.05) is 24.5 Å². The summed E-state index contributed by atoms with van der Waals surface area (Å²) in [5, 5.41) is 12.7. The van der Waals surface area contributed by atoms with E-state index in [0.717, 1.165) is 22.9 Å². The smallest absolute Gasteiger partial charge is 0.227 e. The van der Waals surface area contributed by atoms with Gasteiger partial charge in [-0.1, -0.05) is 55.5 Å². The van der Waals surface area contributed by atoms with Gasteiger partial charge in [-0.15, -0.1) is 0 Å². The number of amides is 1. The Kier molecular flexibility index (Phi) is 5.97. The van der Waals surface area contributed by atoms with Gasteiger partial charge in [0.05, 0.1) is 19.1 Å². The summed E-state index contributed by atoms with van der Waals surface area (Å²) in [7, 11) is 0. The fraction of sp³-hybridized carbons (Fsp3) is 0.273. The SMILES string of the molecule is CCCN(C[C@H](O)c1cccnc1)C(=O)Cc1ccc2ccccc2c1. The predicted octanol–water partition coefficient (Wildman–Crippen LogP) is 3.75. The van der Waals surface area contributed by atoms with Crippen LogP contribution < -0.4 is 0 Å². The molecule has 0 aliphatic heterocycles. The average Bonchev–Trinajstić information content (AvgIpc) is 2.68. The number of carbonyl (C=O) groups is 1. The molecule has 0 saturated carbocycles. The Morgan fingerprint density at radius 2 is 1.92 bits per heavy atom. The number of fused-ring (bicyclic) bond motifs is 1. The van der Waals surface area contributed by atoms with E-state index >= 15 is 0 Å². The van der Waals surface area contributed by atoms with Crippen molar-refractivity contribution in [1.82, 2.24) is 9.88 Å². The van der Waals surface area contributed by atoms with Crippen molar-refractivity contribution in [3.8, 4) is 0 Å². The lowest BCUT2D eigenvalue weighted by atomic mass is 10.0. The van der Waals surface area contributed by atoms with Gasteiger partial charge in [-0.3, -0.25) is 9.78 Å². The normalized spacial score (nSPS) is 12.1. The van der Waals surface area contributed by atoms with Gasteiger partial charge in [0.1, 0.15) is 0 Å². The van der Waals surface area contributed by atoms with Crippen molar-refractivity contribution in [2.45, 2.75) is 25.9 Å². The van der Waals surface area contributed by atoms with Gasteiger partial charge in [0.2, 0.25) is 5.91 Å². The molecule has 26 heavy (non-hydrogen) atoms. The van der Waals surface area contributed by atoms with Crippen molar-refractivity contribution in [3.05, 3.63) is 78.1 Å². The summed E-state index contributed by atoms with van der Waals surface area (Å²) in [4.78, 5) is 18.6. The van der Waals surface area contributed by atoms with E-state index in [0.29, 0.717) is 13.0 Å². The van der Waals surface area contributed by atoms with Gasteiger partial charge in [0.25, 0.3) is 0 Å². The molecule has 0 aliphatic carbocycles. The molecule has 1 aromatic heterocycles. The summed E-state index contributed by atoms with van der Waals surface area (Å²) in [6.07, 6.45) is 3.78. The number of rotatable bonds is 7. The maximum absolute atomic E-state index is 12.8. The molecule has 0 unspecified atom stereocenters. The van der Waals surface area contributed by atoms with Gasteiger partial charge in [0.15, 0.2) is 0 Å². The molecule has 0 fully saturated rings.